The van der Waals surface area contributed by atoms with Gasteiger partial charge in [-0.3, -0.25) is 9.59 Å². The van der Waals surface area contributed by atoms with Crippen LogP contribution in [0.25, 0.3) is 0 Å². The highest BCUT2D eigenvalue weighted by Crippen LogP contribution is 2.38. The van der Waals surface area contributed by atoms with Gasteiger partial charge in [0, 0.05) is 25.1 Å². The number of amides is 2. The second-order valence-corrected chi connectivity index (χ2v) is 7.16. The van der Waals surface area contributed by atoms with Gasteiger partial charge in [-0.1, -0.05) is 24.3 Å². The number of anilines is 1. The molecule has 1 heterocycles. The summed E-state index contributed by atoms with van der Waals surface area (Å²) in [5, 5.41) is 2.70. The van der Waals surface area contributed by atoms with Crippen molar-refractivity contribution >= 4 is 17.5 Å². The molecule has 0 spiro atoms. The number of fused-ring (bicyclic) bond motifs is 1. The summed E-state index contributed by atoms with van der Waals surface area (Å²) in [5.74, 6) is -0.170. The Labute approximate surface area is 158 Å². The Hall–Kier alpha value is -2.89. The van der Waals surface area contributed by atoms with Crippen molar-refractivity contribution in [1.82, 2.24) is 5.32 Å². The van der Waals surface area contributed by atoms with E-state index in [1.807, 2.05) is 25.1 Å². The lowest BCUT2D eigenvalue weighted by Gasteiger charge is -2.38. The van der Waals surface area contributed by atoms with Crippen LogP contribution in [0.2, 0.25) is 0 Å². The Bertz CT molecular complexity index is 879. The number of nitrogens with one attached hydrogen (secondary N) is 1. The van der Waals surface area contributed by atoms with Crippen LogP contribution in [0, 0.1) is 12.7 Å². The second kappa shape index (κ2) is 7.39. The topological polar surface area (TPSA) is 58.6 Å². The zero-order chi connectivity index (χ0) is 19.6. The van der Waals surface area contributed by atoms with Gasteiger partial charge in [-0.25, -0.2) is 4.39 Å². The van der Waals surface area contributed by atoms with Gasteiger partial charge in [0.2, 0.25) is 5.91 Å². The molecule has 0 unspecified atom stereocenters. The highest BCUT2D eigenvalue weighted by Gasteiger charge is 2.40. The highest BCUT2D eigenvalue weighted by atomic mass is 19.1. The molecule has 2 aromatic rings. The predicted molar refractivity (Wildman–Crippen MR) is 101 cm³/mol. The fraction of sp³-hybridized carbons (Fsp3) is 0.333. The molecule has 0 atom stereocenters. The summed E-state index contributed by atoms with van der Waals surface area (Å²) in [7, 11) is 0. The van der Waals surface area contributed by atoms with E-state index in [1.165, 1.54) is 6.07 Å². The quantitative estimate of drug-likeness (QED) is 0.878. The minimum Gasteiger partial charge on any atom is -0.476 e. The van der Waals surface area contributed by atoms with Crippen LogP contribution >= 0.6 is 0 Å². The fourth-order valence-corrected chi connectivity index (χ4v) is 3.04. The number of hydrogen-bond acceptors (Lipinski definition) is 3. The molecule has 0 radical (unpaired) electrons. The van der Waals surface area contributed by atoms with Crippen LogP contribution in [0.3, 0.4) is 0 Å². The smallest absolute Gasteiger partial charge is 0.270 e. The van der Waals surface area contributed by atoms with Crippen molar-refractivity contribution in [2.45, 2.75) is 39.3 Å². The van der Waals surface area contributed by atoms with Gasteiger partial charge in [-0.05, 0) is 44.5 Å². The van der Waals surface area contributed by atoms with Crippen molar-refractivity contribution in [1.29, 1.82) is 0 Å². The van der Waals surface area contributed by atoms with Gasteiger partial charge in [0.15, 0.2) is 5.60 Å². The first-order chi connectivity index (χ1) is 12.8. The van der Waals surface area contributed by atoms with Crippen molar-refractivity contribution in [3.05, 3.63) is 59.4 Å². The zero-order valence-corrected chi connectivity index (χ0v) is 15.7. The summed E-state index contributed by atoms with van der Waals surface area (Å²) < 4.78 is 19.4. The van der Waals surface area contributed by atoms with Crippen LogP contribution in [0.4, 0.5) is 10.1 Å². The molecule has 0 aliphatic carbocycles. The van der Waals surface area contributed by atoms with Gasteiger partial charge in [-0.15, -0.1) is 0 Å². The largest absolute Gasteiger partial charge is 0.476 e. The van der Waals surface area contributed by atoms with Gasteiger partial charge in [0.1, 0.15) is 11.6 Å². The van der Waals surface area contributed by atoms with E-state index in [9.17, 15) is 14.0 Å². The van der Waals surface area contributed by atoms with E-state index in [0.717, 1.165) is 5.56 Å². The molecule has 3 rings (SSSR count). The van der Waals surface area contributed by atoms with Gasteiger partial charge in [0.05, 0.1) is 5.69 Å². The minimum atomic E-state index is -0.994. The number of rotatable bonds is 5. The molecule has 1 aliphatic rings. The first-order valence-corrected chi connectivity index (χ1v) is 8.89. The Balaban J connectivity index is 1.67. The van der Waals surface area contributed by atoms with E-state index in [4.69, 9.17) is 4.74 Å². The number of carbonyl (C=O) groups is 2. The number of halogens is 1. The normalized spacial score (nSPS) is 15.1. The lowest BCUT2D eigenvalue weighted by Crippen LogP contribution is -2.53. The van der Waals surface area contributed by atoms with Crippen molar-refractivity contribution in [3.63, 3.8) is 0 Å². The van der Waals surface area contributed by atoms with E-state index >= 15 is 0 Å². The van der Waals surface area contributed by atoms with Gasteiger partial charge >= 0.3 is 0 Å². The first-order valence-electron chi connectivity index (χ1n) is 8.89. The lowest BCUT2D eigenvalue weighted by atomic mass is 10.0. The van der Waals surface area contributed by atoms with Gasteiger partial charge < -0.3 is 15.0 Å². The van der Waals surface area contributed by atoms with Crippen molar-refractivity contribution in [2.24, 2.45) is 0 Å². The molecule has 5 nitrogen and oxygen atoms in total. The van der Waals surface area contributed by atoms with E-state index in [0.29, 0.717) is 17.0 Å². The van der Waals surface area contributed by atoms with Crippen LogP contribution in [0.15, 0.2) is 42.5 Å². The van der Waals surface area contributed by atoms with Crippen LogP contribution in [-0.4, -0.2) is 24.0 Å². The molecule has 0 fully saturated rings. The molecule has 0 saturated carbocycles. The maximum absolute atomic E-state index is 13.6. The molecule has 0 bridgehead atoms. The number of benzene rings is 2. The Morgan fingerprint density at radius 1 is 1.22 bits per heavy atom. The third-order valence-electron chi connectivity index (χ3n) is 4.53. The molecule has 0 saturated heterocycles. The summed E-state index contributed by atoms with van der Waals surface area (Å²) in [4.78, 5) is 26.6. The Morgan fingerprint density at radius 2 is 1.96 bits per heavy atom. The predicted octanol–water partition coefficient (Wildman–Crippen LogP) is 3.34. The number of ether oxygens (including phenoxy) is 1. The molecule has 27 heavy (non-hydrogen) atoms. The Morgan fingerprint density at radius 3 is 2.70 bits per heavy atom. The standard InChI is InChI=1S/C21H23FN2O3/c1-14-8-9-18-17(12-14)24(20(26)21(2,3)27-18)11-10-19(25)23-13-15-6-4-5-7-16(15)22/h4-9,12H,10-11,13H2,1-3H3,(H,23,25). The first kappa shape index (κ1) is 18.9. The third-order valence-corrected chi connectivity index (χ3v) is 4.53. The average molecular weight is 370 g/mol. The molecule has 1 aliphatic heterocycles. The average Bonchev–Trinajstić information content (AvgIpc) is 2.62. The van der Waals surface area contributed by atoms with Crippen LogP contribution in [0.1, 0.15) is 31.4 Å². The number of carbonyl (C=O) groups excluding carboxylic acids is 2. The maximum Gasteiger partial charge on any atom is 0.270 e. The van der Waals surface area contributed by atoms with Crippen molar-refractivity contribution < 1.29 is 18.7 Å². The van der Waals surface area contributed by atoms with Crippen molar-refractivity contribution in [2.75, 3.05) is 11.4 Å². The van der Waals surface area contributed by atoms with Crippen LogP contribution < -0.4 is 15.0 Å². The molecule has 0 aromatic heterocycles. The van der Waals surface area contributed by atoms with Gasteiger partial charge in [0.25, 0.3) is 5.91 Å². The van der Waals surface area contributed by atoms with E-state index in [2.05, 4.69) is 5.32 Å². The molecule has 2 amide bonds. The molecular formula is C21H23FN2O3. The minimum absolute atomic E-state index is 0.115. The lowest BCUT2D eigenvalue weighted by molar-refractivity contribution is -0.132. The summed E-state index contributed by atoms with van der Waals surface area (Å²) >= 11 is 0. The summed E-state index contributed by atoms with van der Waals surface area (Å²) in [5.41, 5.74) is 1.10. The maximum atomic E-state index is 13.6. The third kappa shape index (κ3) is 4.10. The molecule has 2 aromatic carbocycles. The molecule has 1 N–H and O–H groups in total. The second-order valence-electron chi connectivity index (χ2n) is 7.16. The van der Waals surface area contributed by atoms with Crippen LogP contribution in [-0.2, 0) is 16.1 Å². The monoisotopic (exact) mass is 370 g/mol. The summed E-state index contributed by atoms with van der Waals surface area (Å²) in [6, 6.07) is 11.9. The molecular weight excluding hydrogens is 347 g/mol. The van der Waals surface area contributed by atoms with Crippen molar-refractivity contribution in [3.8, 4) is 5.75 Å². The highest BCUT2D eigenvalue weighted by molar-refractivity contribution is 6.02. The Kier molecular flexibility index (Phi) is 5.17. The fourth-order valence-electron chi connectivity index (χ4n) is 3.04. The number of nitrogens with zero attached hydrogens (tertiary/aromatic N) is 1. The van der Waals surface area contributed by atoms with E-state index in [-0.39, 0.29) is 37.1 Å². The molecule has 142 valence electrons. The van der Waals surface area contributed by atoms with E-state index in [1.54, 1.807) is 36.9 Å². The summed E-state index contributed by atoms with van der Waals surface area (Å²) in [6.45, 7) is 5.70. The van der Waals surface area contributed by atoms with Crippen LogP contribution in [0.5, 0.6) is 5.75 Å². The molecule has 6 heteroatoms. The summed E-state index contributed by atoms with van der Waals surface area (Å²) in [6.07, 6.45) is 0.115. The van der Waals surface area contributed by atoms with E-state index < -0.39 is 5.60 Å². The number of hydrogen-bond donors (Lipinski definition) is 1. The van der Waals surface area contributed by atoms with Gasteiger partial charge in [-0.2, -0.15) is 0 Å². The zero-order valence-electron chi connectivity index (χ0n) is 15.7. The SMILES string of the molecule is Cc1ccc2c(c1)N(CCC(=O)NCc1ccccc1F)C(=O)C(C)(C)O2. The number of aryl methyl sites for hydroxylation is 1.